The van der Waals surface area contributed by atoms with Crippen LogP contribution in [0.1, 0.15) is 64.2 Å². The summed E-state index contributed by atoms with van der Waals surface area (Å²) >= 11 is 0. The number of unbranched alkanes of at least 4 members (excludes halogenated alkanes) is 4. The van der Waals surface area contributed by atoms with Crippen molar-refractivity contribution in [3.8, 4) is 0 Å². The second-order valence-electron chi connectivity index (χ2n) is 13.9. The maximum Gasteiger partial charge on any atom is 0.326 e. The molecular formula is C38H63N9O17. The number of carbonyl (C=O) groups is 6. The Morgan fingerprint density at radius 3 is 1.48 bits per heavy atom. The summed E-state index contributed by atoms with van der Waals surface area (Å²) in [6, 6.07) is -1.95. The number of hydrogen-bond acceptors (Lipinski definition) is 17. The molecule has 64 heavy (non-hydrogen) atoms. The molecule has 10 N–H and O–H groups in total. The first-order chi connectivity index (χ1) is 30.7. The monoisotopic (exact) mass is 917 g/mol. The molecule has 0 heterocycles. The number of ether oxygens (including phenoxy) is 4. The zero-order valence-corrected chi connectivity index (χ0v) is 36.0. The topological polar surface area (TPSA) is 371 Å². The van der Waals surface area contributed by atoms with E-state index in [2.05, 4.69) is 31.9 Å². The summed E-state index contributed by atoms with van der Waals surface area (Å²) in [4.78, 5) is 91.7. The second-order valence-corrected chi connectivity index (χ2v) is 13.9. The number of likely N-dealkylation sites (N-methyl/N-ethyl adjacent to an activating group) is 1. The van der Waals surface area contributed by atoms with Gasteiger partial charge in [0, 0.05) is 52.0 Å². The quantitative estimate of drug-likeness (QED) is 0.0250. The Morgan fingerprint density at radius 2 is 1.00 bits per heavy atom. The molecule has 1 aromatic rings. The molecule has 26 heteroatoms. The van der Waals surface area contributed by atoms with Crippen LogP contribution in [0.15, 0.2) is 12.1 Å². The minimum Gasteiger partial charge on any atom is -0.481 e. The predicted molar refractivity (Wildman–Crippen MR) is 228 cm³/mol. The van der Waals surface area contributed by atoms with Crippen molar-refractivity contribution in [2.45, 2.75) is 76.3 Å². The number of rotatable bonds is 40. The smallest absolute Gasteiger partial charge is 0.326 e. The fourth-order valence-corrected chi connectivity index (χ4v) is 5.52. The Balaban J connectivity index is 2.17. The van der Waals surface area contributed by atoms with Crippen molar-refractivity contribution in [1.29, 1.82) is 0 Å². The molecule has 0 aromatic heterocycles. The van der Waals surface area contributed by atoms with Crippen LogP contribution < -0.4 is 37.2 Å². The molecule has 362 valence electrons. The van der Waals surface area contributed by atoms with E-state index in [1.165, 1.54) is 6.07 Å². The van der Waals surface area contributed by atoms with Crippen molar-refractivity contribution < 1.29 is 72.9 Å². The van der Waals surface area contributed by atoms with Gasteiger partial charge in [0.15, 0.2) is 0 Å². The van der Waals surface area contributed by atoms with Gasteiger partial charge in [0.1, 0.15) is 23.5 Å². The summed E-state index contributed by atoms with van der Waals surface area (Å²) in [5.41, 5.74) is -0.736. The lowest BCUT2D eigenvalue weighted by Gasteiger charge is -2.18. The molecule has 0 aliphatic carbocycles. The molecule has 0 spiro atoms. The normalized spacial score (nSPS) is 11.8. The molecule has 0 radical (unpaired) electrons. The fourth-order valence-electron chi connectivity index (χ4n) is 5.52. The van der Waals surface area contributed by atoms with Gasteiger partial charge >= 0.3 is 23.9 Å². The molecule has 0 aliphatic heterocycles. The first-order valence-corrected chi connectivity index (χ1v) is 20.8. The highest BCUT2D eigenvalue weighted by Gasteiger charge is 2.26. The highest BCUT2D eigenvalue weighted by Crippen LogP contribution is 2.36. The maximum absolute atomic E-state index is 12.2. The Hall–Kier alpha value is -5.96. The number of carboxylic acid groups (broad SMARTS) is 3. The van der Waals surface area contributed by atoms with Crippen LogP contribution in [-0.2, 0) is 42.9 Å². The third kappa shape index (κ3) is 27.2. The van der Waals surface area contributed by atoms with Crippen molar-refractivity contribution in [3.63, 3.8) is 0 Å². The summed E-state index contributed by atoms with van der Waals surface area (Å²) in [5, 5.41) is 68.7. The van der Waals surface area contributed by atoms with Crippen molar-refractivity contribution in [3.05, 3.63) is 32.4 Å². The average molecular weight is 918 g/mol. The van der Waals surface area contributed by atoms with Crippen LogP contribution in [-0.4, -0.2) is 166 Å². The van der Waals surface area contributed by atoms with E-state index in [9.17, 15) is 54.1 Å². The Morgan fingerprint density at radius 1 is 0.562 bits per heavy atom. The molecule has 1 rings (SSSR count). The summed E-state index contributed by atoms with van der Waals surface area (Å²) in [7, 11) is 1.81. The zero-order valence-electron chi connectivity index (χ0n) is 36.0. The molecule has 0 unspecified atom stereocenters. The summed E-state index contributed by atoms with van der Waals surface area (Å²) in [6.07, 6.45) is 2.62. The molecule has 0 fully saturated rings. The van der Waals surface area contributed by atoms with Crippen LogP contribution in [0.5, 0.6) is 0 Å². The molecular weight excluding hydrogens is 854 g/mol. The average Bonchev–Trinajstić information content (AvgIpc) is 3.24. The number of urea groups is 1. The Bertz CT molecular complexity index is 1620. The zero-order chi connectivity index (χ0) is 47.5. The number of amides is 4. The van der Waals surface area contributed by atoms with Gasteiger partial charge < -0.3 is 71.5 Å². The highest BCUT2D eigenvalue weighted by molar-refractivity contribution is 5.87. The standard InChI is InChI=1S/C38H63N9O17/c1-39-13-17-61-21-22-62-18-14-40-29-25-30(32(47(59)60)26-31(29)46(57)58)41-15-19-63-23-24-64-20-16-43-33(48)7-5-3-2-4-6-12-42-34(49)10-8-27(36(52)53)44-38(56)45-28(37(54)55)9-11-35(50)51/h25-28,39-41H,2-24H2,1H3,(H,42,49)(H,43,48)(H,50,51)(H,52,53)(H,54,55)(H2,44,45,56)/t27-,28-/m0/s1. The molecule has 1 aromatic carbocycles. The van der Waals surface area contributed by atoms with Gasteiger partial charge in [0.25, 0.3) is 11.4 Å². The number of nitrogens with zero attached hydrogens (tertiary/aromatic N) is 2. The van der Waals surface area contributed by atoms with Crippen LogP contribution in [0.25, 0.3) is 0 Å². The number of hydrogen-bond donors (Lipinski definition) is 10. The van der Waals surface area contributed by atoms with Gasteiger partial charge in [-0.3, -0.25) is 34.6 Å². The maximum atomic E-state index is 12.2. The Kier molecular flexibility index (Phi) is 30.2. The number of nitro benzene ring substituents is 2. The molecule has 0 saturated heterocycles. The molecule has 4 amide bonds. The van der Waals surface area contributed by atoms with Crippen LogP contribution in [0.2, 0.25) is 0 Å². The summed E-state index contributed by atoms with van der Waals surface area (Å²) in [5.74, 6) is -4.74. The third-order valence-corrected chi connectivity index (χ3v) is 8.86. The Labute approximate surface area is 369 Å². The van der Waals surface area contributed by atoms with E-state index in [1.807, 2.05) is 12.4 Å². The van der Waals surface area contributed by atoms with Gasteiger partial charge in [-0.1, -0.05) is 19.3 Å². The molecule has 2 atom stereocenters. The lowest BCUT2D eigenvalue weighted by molar-refractivity contribution is -0.393. The number of nitro groups is 2. The first-order valence-electron chi connectivity index (χ1n) is 20.8. The largest absolute Gasteiger partial charge is 0.481 e. The molecule has 0 bridgehead atoms. The fraction of sp³-hybridized carbons (Fsp3) is 0.684. The number of anilines is 2. The van der Waals surface area contributed by atoms with Gasteiger partial charge in [-0.2, -0.15) is 0 Å². The van der Waals surface area contributed by atoms with E-state index in [-0.39, 0.29) is 76.2 Å². The van der Waals surface area contributed by atoms with Crippen LogP contribution in [0.3, 0.4) is 0 Å². The van der Waals surface area contributed by atoms with Crippen molar-refractivity contribution >= 4 is 58.5 Å². The predicted octanol–water partition coefficient (Wildman–Crippen LogP) is 1.04. The van der Waals surface area contributed by atoms with E-state index in [0.717, 1.165) is 25.3 Å². The number of carbonyl (C=O) groups excluding carboxylic acids is 3. The van der Waals surface area contributed by atoms with Gasteiger partial charge in [-0.15, -0.1) is 0 Å². The molecule has 26 nitrogen and oxygen atoms in total. The number of carboxylic acids is 3. The summed E-state index contributed by atoms with van der Waals surface area (Å²) in [6.45, 7) is 4.11. The minimum atomic E-state index is -1.54. The number of nitrogens with one attached hydrogen (secondary N) is 7. The third-order valence-electron chi connectivity index (χ3n) is 8.86. The van der Waals surface area contributed by atoms with Crippen molar-refractivity contribution in [2.24, 2.45) is 0 Å². The second kappa shape index (κ2) is 34.5. The first kappa shape index (κ1) is 56.1. The van der Waals surface area contributed by atoms with Gasteiger partial charge in [-0.25, -0.2) is 14.4 Å². The van der Waals surface area contributed by atoms with E-state index >= 15 is 0 Å². The van der Waals surface area contributed by atoms with Crippen molar-refractivity contribution in [1.82, 2.24) is 26.6 Å². The van der Waals surface area contributed by atoms with E-state index < -0.39 is 76.0 Å². The number of benzene rings is 1. The van der Waals surface area contributed by atoms with E-state index in [4.69, 9.17) is 29.2 Å². The molecule has 0 saturated carbocycles. The van der Waals surface area contributed by atoms with Gasteiger partial charge in [0.05, 0.1) is 68.8 Å². The minimum absolute atomic E-state index is 0.0784. The van der Waals surface area contributed by atoms with E-state index in [0.29, 0.717) is 58.7 Å². The van der Waals surface area contributed by atoms with E-state index in [1.54, 1.807) is 0 Å². The van der Waals surface area contributed by atoms with Crippen LogP contribution in [0.4, 0.5) is 27.5 Å². The summed E-state index contributed by atoms with van der Waals surface area (Å²) < 4.78 is 21.8. The van der Waals surface area contributed by atoms with Crippen molar-refractivity contribution in [2.75, 3.05) is 103 Å². The van der Waals surface area contributed by atoms with Crippen LogP contribution in [0, 0.1) is 20.2 Å². The van der Waals surface area contributed by atoms with Gasteiger partial charge in [-0.05, 0) is 38.8 Å². The highest BCUT2D eigenvalue weighted by atomic mass is 16.6. The lowest BCUT2D eigenvalue weighted by Crippen LogP contribution is -2.51. The number of aliphatic carboxylic acids is 3. The molecule has 0 aliphatic rings. The van der Waals surface area contributed by atoms with Crippen LogP contribution >= 0.6 is 0 Å². The lowest BCUT2D eigenvalue weighted by atomic mass is 10.1. The SMILES string of the molecule is CNCCOCCOCCNc1cc(NCCOCCOCCNC(=O)CCCCCCCNC(=O)CC[C@H](NC(=O)N[C@@H](CCC(=O)O)C(=O)O)C(=O)O)c([N+](=O)[O-])cc1[N+](=O)[O-]. The van der Waals surface area contributed by atoms with Gasteiger partial charge in [0.2, 0.25) is 11.8 Å².